The van der Waals surface area contributed by atoms with Crippen LogP contribution in [-0.4, -0.2) is 65.1 Å². The molecule has 0 bridgehead atoms. The number of β-amino-alcohol motifs (C(OH)–C–C–N with tert-alkyl or cyclic N) is 1. The zero-order chi connectivity index (χ0) is 19.3. The molecular weight excluding hydrogens is 356 g/mol. The predicted molar refractivity (Wildman–Crippen MR) is 105 cm³/mol. The number of aliphatic hydroxyl groups is 1. The second-order valence-electron chi connectivity index (χ2n) is 7.78. The Kier molecular flexibility index (Phi) is 6.04. The Hall–Kier alpha value is -2.22. The second kappa shape index (κ2) is 8.86. The van der Waals surface area contributed by atoms with E-state index < -0.39 is 6.10 Å². The van der Waals surface area contributed by atoms with E-state index >= 15 is 0 Å². The third kappa shape index (κ3) is 5.19. The van der Waals surface area contributed by atoms with Crippen molar-refractivity contribution in [1.29, 1.82) is 0 Å². The van der Waals surface area contributed by atoms with Gasteiger partial charge in [-0.15, -0.1) is 0 Å². The fraction of sp³-hybridized carbons (Fsp3) is 0.524. The third-order valence-corrected chi connectivity index (χ3v) is 5.47. The van der Waals surface area contributed by atoms with Gasteiger partial charge in [-0.25, -0.2) is 4.98 Å². The van der Waals surface area contributed by atoms with Crippen molar-refractivity contribution >= 4 is 5.91 Å². The number of hydrogen-bond donors (Lipinski definition) is 2. The topological polar surface area (TPSA) is 81.8 Å². The Morgan fingerprint density at radius 3 is 2.61 bits per heavy atom. The Bertz CT molecular complexity index is 767. The quantitative estimate of drug-likeness (QED) is 0.721. The summed E-state index contributed by atoms with van der Waals surface area (Å²) in [6.07, 6.45) is 3.40. The molecule has 1 unspecified atom stereocenters. The van der Waals surface area contributed by atoms with Gasteiger partial charge in [0, 0.05) is 39.3 Å². The minimum absolute atomic E-state index is 0.151. The lowest BCUT2D eigenvalue weighted by Gasteiger charge is -2.35. The number of benzene rings is 1. The van der Waals surface area contributed by atoms with Crippen LogP contribution in [0.25, 0.3) is 0 Å². The first-order valence-electron chi connectivity index (χ1n) is 10.1. The van der Waals surface area contributed by atoms with Crippen LogP contribution in [0.4, 0.5) is 0 Å². The molecule has 150 valence electrons. The molecule has 0 radical (unpaired) electrons. The molecule has 1 saturated carbocycles. The van der Waals surface area contributed by atoms with E-state index in [-0.39, 0.29) is 5.91 Å². The lowest BCUT2D eigenvalue weighted by molar-refractivity contribution is 0.0671. The van der Waals surface area contributed by atoms with Crippen LogP contribution in [0, 0.1) is 5.92 Å². The molecule has 1 atom stereocenters. The number of carbonyl (C=O) groups excluding carboxylic acids is 1. The van der Waals surface area contributed by atoms with Crippen LogP contribution >= 0.6 is 0 Å². The monoisotopic (exact) mass is 384 g/mol. The highest BCUT2D eigenvalue weighted by atomic mass is 16.3. The van der Waals surface area contributed by atoms with Crippen LogP contribution in [0.2, 0.25) is 0 Å². The standard InChI is InChI=1S/C21H28N4O3/c26-19(17-4-2-1-3-5-17)13-24-8-10-25(11-9-24)14-20-23-18(15-28-20)21(27)22-12-16-6-7-16/h1-5,15-16,19,26H,6-14H2,(H,22,27). The van der Waals surface area contributed by atoms with Gasteiger partial charge in [0.15, 0.2) is 5.69 Å². The van der Waals surface area contributed by atoms with Gasteiger partial charge in [0.05, 0.1) is 12.6 Å². The molecule has 2 fully saturated rings. The molecule has 1 aliphatic heterocycles. The molecule has 1 aromatic carbocycles. The van der Waals surface area contributed by atoms with Crippen molar-refractivity contribution in [2.45, 2.75) is 25.5 Å². The summed E-state index contributed by atoms with van der Waals surface area (Å²) in [5.41, 5.74) is 1.32. The van der Waals surface area contributed by atoms with Gasteiger partial charge in [-0.3, -0.25) is 14.6 Å². The highest BCUT2D eigenvalue weighted by Crippen LogP contribution is 2.27. The zero-order valence-corrected chi connectivity index (χ0v) is 16.1. The molecule has 7 nitrogen and oxygen atoms in total. The Balaban J connectivity index is 1.20. The number of amides is 1. The highest BCUT2D eigenvalue weighted by molar-refractivity contribution is 5.91. The smallest absolute Gasteiger partial charge is 0.273 e. The molecule has 2 aromatic rings. The summed E-state index contributed by atoms with van der Waals surface area (Å²) in [5, 5.41) is 13.3. The van der Waals surface area contributed by atoms with Crippen molar-refractivity contribution < 1.29 is 14.3 Å². The van der Waals surface area contributed by atoms with E-state index in [1.807, 2.05) is 30.3 Å². The first kappa shape index (κ1) is 19.1. The average Bonchev–Trinajstić information content (AvgIpc) is 3.45. The normalized spacial score (nSPS) is 19.5. The van der Waals surface area contributed by atoms with Gasteiger partial charge in [-0.2, -0.15) is 0 Å². The number of nitrogens with zero attached hydrogens (tertiary/aromatic N) is 3. The molecule has 1 aromatic heterocycles. The van der Waals surface area contributed by atoms with Gasteiger partial charge in [-0.05, 0) is 24.3 Å². The average molecular weight is 384 g/mol. The van der Waals surface area contributed by atoms with E-state index in [1.165, 1.54) is 19.1 Å². The number of piperazine rings is 1. The summed E-state index contributed by atoms with van der Waals surface area (Å²) in [7, 11) is 0. The van der Waals surface area contributed by atoms with E-state index in [2.05, 4.69) is 20.1 Å². The fourth-order valence-electron chi connectivity index (χ4n) is 3.48. The van der Waals surface area contributed by atoms with Crippen LogP contribution in [0.1, 0.15) is 40.9 Å². The maximum absolute atomic E-state index is 12.1. The number of nitrogens with one attached hydrogen (secondary N) is 1. The summed E-state index contributed by atoms with van der Waals surface area (Å²) in [4.78, 5) is 20.9. The number of oxazole rings is 1. The van der Waals surface area contributed by atoms with Crippen LogP contribution in [0.3, 0.4) is 0 Å². The molecule has 2 aliphatic rings. The minimum Gasteiger partial charge on any atom is -0.447 e. The van der Waals surface area contributed by atoms with E-state index in [0.29, 0.717) is 30.6 Å². The molecular formula is C21H28N4O3. The van der Waals surface area contributed by atoms with Crippen molar-refractivity contribution in [3.8, 4) is 0 Å². The molecule has 1 saturated heterocycles. The Labute approximate surface area is 165 Å². The minimum atomic E-state index is -0.462. The van der Waals surface area contributed by atoms with E-state index in [4.69, 9.17) is 4.42 Å². The van der Waals surface area contributed by atoms with Gasteiger partial charge < -0.3 is 14.8 Å². The fourth-order valence-corrected chi connectivity index (χ4v) is 3.48. The number of rotatable bonds is 8. The molecule has 1 amide bonds. The molecule has 7 heteroatoms. The van der Waals surface area contributed by atoms with E-state index in [0.717, 1.165) is 38.3 Å². The molecule has 1 aliphatic carbocycles. The molecule has 2 heterocycles. The third-order valence-electron chi connectivity index (χ3n) is 5.47. The van der Waals surface area contributed by atoms with Gasteiger partial charge in [0.25, 0.3) is 5.91 Å². The van der Waals surface area contributed by atoms with Crippen molar-refractivity contribution in [3.63, 3.8) is 0 Å². The zero-order valence-electron chi connectivity index (χ0n) is 16.1. The first-order chi connectivity index (χ1) is 13.7. The summed E-state index contributed by atoms with van der Waals surface area (Å²) < 4.78 is 5.49. The van der Waals surface area contributed by atoms with Crippen molar-refractivity contribution in [2.24, 2.45) is 5.92 Å². The molecule has 4 rings (SSSR count). The molecule has 2 N–H and O–H groups in total. The molecule has 0 spiro atoms. The second-order valence-corrected chi connectivity index (χ2v) is 7.78. The van der Waals surface area contributed by atoms with Gasteiger partial charge in [-0.1, -0.05) is 30.3 Å². The first-order valence-corrected chi connectivity index (χ1v) is 10.1. The lowest BCUT2D eigenvalue weighted by Crippen LogP contribution is -2.47. The summed E-state index contributed by atoms with van der Waals surface area (Å²) in [6, 6.07) is 9.78. The van der Waals surface area contributed by atoms with Crippen molar-refractivity contribution in [1.82, 2.24) is 20.1 Å². The maximum atomic E-state index is 12.1. The van der Waals surface area contributed by atoms with Crippen LogP contribution in [0.15, 0.2) is 41.0 Å². The number of aliphatic hydroxyl groups excluding tert-OH is 1. The van der Waals surface area contributed by atoms with Gasteiger partial charge >= 0.3 is 0 Å². The molecule has 28 heavy (non-hydrogen) atoms. The SMILES string of the molecule is O=C(NCC1CC1)c1coc(CN2CCN(CC(O)c3ccccc3)CC2)n1. The van der Waals surface area contributed by atoms with E-state index in [1.54, 1.807) is 0 Å². The van der Waals surface area contributed by atoms with Gasteiger partial charge in [0.1, 0.15) is 6.26 Å². The predicted octanol–water partition coefficient (Wildman–Crippen LogP) is 1.67. The number of aromatic nitrogens is 1. The summed E-state index contributed by atoms with van der Waals surface area (Å²) in [6.45, 7) is 5.52. The largest absolute Gasteiger partial charge is 0.447 e. The number of carbonyl (C=O) groups is 1. The van der Waals surface area contributed by atoms with E-state index in [9.17, 15) is 9.90 Å². The Morgan fingerprint density at radius 2 is 1.89 bits per heavy atom. The Morgan fingerprint density at radius 1 is 1.18 bits per heavy atom. The highest BCUT2D eigenvalue weighted by Gasteiger charge is 2.24. The number of hydrogen-bond acceptors (Lipinski definition) is 6. The van der Waals surface area contributed by atoms with Gasteiger partial charge in [0.2, 0.25) is 5.89 Å². The van der Waals surface area contributed by atoms with Crippen LogP contribution < -0.4 is 5.32 Å². The lowest BCUT2D eigenvalue weighted by atomic mass is 10.1. The summed E-state index contributed by atoms with van der Waals surface area (Å²) in [5.74, 6) is 1.07. The van der Waals surface area contributed by atoms with Crippen LogP contribution in [0.5, 0.6) is 0 Å². The van der Waals surface area contributed by atoms with Crippen molar-refractivity contribution in [3.05, 3.63) is 53.7 Å². The van der Waals surface area contributed by atoms with Crippen molar-refractivity contribution in [2.75, 3.05) is 39.3 Å². The maximum Gasteiger partial charge on any atom is 0.273 e. The summed E-state index contributed by atoms with van der Waals surface area (Å²) >= 11 is 0. The van der Waals surface area contributed by atoms with Crippen LogP contribution in [-0.2, 0) is 6.54 Å².